The zero-order chi connectivity index (χ0) is 11.4. The van der Waals surface area contributed by atoms with Crippen molar-refractivity contribution in [3.63, 3.8) is 0 Å². The Labute approximate surface area is 91.1 Å². The summed E-state index contributed by atoms with van der Waals surface area (Å²) in [6, 6.07) is 0.275. The number of rotatable bonds is 4. The largest absolute Gasteiger partial charge is 0.374 e. The van der Waals surface area contributed by atoms with Gasteiger partial charge in [-0.3, -0.25) is 0 Å². The Morgan fingerprint density at radius 2 is 2.07 bits per heavy atom. The minimum Gasteiger partial charge on any atom is -0.374 e. The fourth-order valence-corrected chi connectivity index (χ4v) is 1.38. The molecule has 0 fully saturated rings. The van der Waals surface area contributed by atoms with Crippen LogP contribution >= 0.6 is 0 Å². The third-order valence-corrected chi connectivity index (χ3v) is 2.65. The summed E-state index contributed by atoms with van der Waals surface area (Å²) >= 11 is 0. The second-order valence-electron chi connectivity index (χ2n) is 3.66. The smallest absolute Gasteiger partial charge is 0.157 e. The van der Waals surface area contributed by atoms with Crippen LogP contribution in [0.5, 0.6) is 0 Å². The minimum absolute atomic E-state index is 0.0531. The van der Waals surface area contributed by atoms with Crippen molar-refractivity contribution in [2.24, 2.45) is 0 Å². The first kappa shape index (κ1) is 12.1. The maximum absolute atomic E-state index is 5.18. The molecule has 0 amide bonds. The van der Waals surface area contributed by atoms with E-state index in [1.54, 1.807) is 7.11 Å². The molecule has 2 atom stereocenters. The lowest BCUT2D eigenvalue weighted by atomic mass is 10.1. The molecule has 1 rings (SSSR count). The van der Waals surface area contributed by atoms with E-state index in [9.17, 15) is 0 Å². The third-order valence-electron chi connectivity index (χ3n) is 2.65. The summed E-state index contributed by atoms with van der Waals surface area (Å²) in [7, 11) is 3.59. The van der Waals surface area contributed by atoms with E-state index >= 15 is 0 Å². The predicted molar refractivity (Wildman–Crippen MR) is 59.7 cm³/mol. The molecule has 0 aliphatic heterocycles. The standard InChI is InChI=1S/C11H19N3O/c1-7(12-4)10-6-13-11(9(3)15-5)14-8(10)2/h6-7,9,12H,1-5H3. The van der Waals surface area contributed by atoms with Crippen molar-refractivity contribution in [1.82, 2.24) is 15.3 Å². The highest BCUT2D eigenvalue weighted by molar-refractivity contribution is 5.20. The van der Waals surface area contributed by atoms with Crippen molar-refractivity contribution in [1.29, 1.82) is 0 Å². The molecule has 1 aromatic rings. The fraction of sp³-hybridized carbons (Fsp3) is 0.636. The molecular weight excluding hydrogens is 190 g/mol. The van der Waals surface area contributed by atoms with Gasteiger partial charge in [0.1, 0.15) is 6.10 Å². The number of methoxy groups -OCH3 is 1. The molecule has 4 heteroatoms. The van der Waals surface area contributed by atoms with Gasteiger partial charge in [-0.1, -0.05) is 0 Å². The number of nitrogens with one attached hydrogen (secondary N) is 1. The van der Waals surface area contributed by atoms with Crippen molar-refractivity contribution in [2.75, 3.05) is 14.2 Å². The first-order chi connectivity index (χ1) is 7.10. The molecule has 0 bridgehead atoms. The van der Waals surface area contributed by atoms with Gasteiger partial charge in [-0.25, -0.2) is 9.97 Å². The summed E-state index contributed by atoms with van der Waals surface area (Å²) in [4.78, 5) is 8.74. The Kier molecular flexibility index (Phi) is 4.17. The van der Waals surface area contributed by atoms with Crippen LogP contribution in [0, 0.1) is 6.92 Å². The van der Waals surface area contributed by atoms with Gasteiger partial charge in [0.05, 0.1) is 0 Å². The second kappa shape index (κ2) is 5.19. The van der Waals surface area contributed by atoms with E-state index in [1.165, 1.54) is 0 Å². The van der Waals surface area contributed by atoms with Crippen LogP contribution in [-0.4, -0.2) is 24.1 Å². The number of hydrogen-bond acceptors (Lipinski definition) is 4. The average Bonchev–Trinajstić information content (AvgIpc) is 2.26. The Bertz CT molecular complexity index is 328. The Balaban J connectivity index is 2.97. The summed E-state index contributed by atoms with van der Waals surface area (Å²) in [6.45, 7) is 6.03. The summed E-state index contributed by atoms with van der Waals surface area (Å²) < 4.78 is 5.18. The van der Waals surface area contributed by atoms with Gasteiger partial charge in [-0.15, -0.1) is 0 Å². The van der Waals surface area contributed by atoms with E-state index in [1.807, 2.05) is 27.1 Å². The number of ether oxygens (including phenoxy) is 1. The van der Waals surface area contributed by atoms with Crippen molar-refractivity contribution in [3.05, 3.63) is 23.3 Å². The molecule has 0 saturated carbocycles. The third kappa shape index (κ3) is 2.73. The topological polar surface area (TPSA) is 47.0 Å². The van der Waals surface area contributed by atoms with Gasteiger partial charge >= 0.3 is 0 Å². The molecule has 84 valence electrons. The molecule has 0 aromatic carbocycles. The molecule has 0 radical (unpaired) electrons. The van der Waals surface area contributed by atoms with E-state index in [0.717, 1.165) is 17.1 Å². The molecule has 15 heavy (non-hydrogen) atoms. The van der Waals surface area contributed by atoms with Gasteiger partial charge in [0, 0.05) is 30.6 Å². The SMILES string of the molecule is CNC(C)c1cnc(C(C)OC)nc1C. The van der Waals surface area contributed by atoms with Crippen LogP contribution in [0.3, 0.4) is 0 Å². The predicted octanol–water partition coefficient (Wildman–Crippen LogP) is 1.77. The van der Waals surface area contributed by atoms with Crippen LogP contribution in [0.15, 0.2) is 6.20 Å². The van der Waals surface area contributed by atoms with Gasteiger partial charge < -0.3 is 10.1 Å². The highest BCUT2D eigenvalue weighted by atomic mass is 16.5. The highest BCUT2D eigenvalue weighted by Gasteiger charge is 2.12. The number of aromatic nitrogens is 2. The van der Waals surface area contributed by atoms with E-state index in [-0.39, 0.29) is 12.1 Å². The lowest BCUT2D eigenvalue weighted by molar-refractivity contribution is 0.112. The quantitative estimate of drug-likeness (QED) is 0.821. The van der Waals surface area contributed by atoms with E-state index in [2.05, 4.69) is 22.2 Å². The first-order valence-electron chi connectivity index (χ1n) is 5.13. The van der Waals surface area contributed by atoms with Gasteiger partial charge in [0.15, 0.2) is 5.82 Å². The first-order valence-corrected chi connectivity index (χ1v) is 5.13. The van der Waals surface area contributed by atoms with Crippen molar-refractivity contribution in [2.45, 2.75) is 32.9 Å². The Morgan fingerprint density at radius 3 is 2.53 bits per heavy atom. The van der Waals surface area contributed by atoms with Gasteiger partial charge in [0.25, 0.3) is 0 Å². The number of aryl methyl sites for hydroxylation is 1. The maximum Gasteiger partial charge on any atom is 0.157 e. The molecule has 4 nitrogen and oxygen atoms in total. The van der Waals surface area contributed by atoms with Gasteiger partial charge in [-0.05, 0) is 27.8 Å². The molecule has 0 spiro atoms. The van der Waals surface area contributed by atoms with E-state index < -0.39 is 0 Å². The average molecular weight is 209 g/mol. The highest BCUT2D eigenvalue weighted by Crippen LogP contribution is 2.17. The number of nitrogens with zero attached hydrogens (tertiary/aromatic N) is 2. The summed E-state index contributed by atoms with van der Waals surface area (Å²) in [5.41, 5.74) is 2.13. The normalized spacial score (nSPS) is 15.0. The van der Waals surface area contributed by atoms with E-state index in [4.69, 9.17) is 4.74 Å². The van der Waals surface area contributed by atoms with Gasteiger partial charge in [0.2, 0.25) is 0 Å². The van der Waals surface area contributed by atoms with Crippen LogP contribution in [0.2, 0.25) is 0 Å². The Hall–Kier alpha value is -1.00. The molecule has 1 aromatic heterocycles. The number of hydrogen-bond donors (Lipinski definition) is 1. The molecule has 2 unspecified atom stereocenters. The van der Waals surface area contributed by atoms with Crippen LogP contribution in [-0.2, 0) is 4.74 Å². The lowest BCUT2D eigenvalue weighted by Gasteiger charge is -2.15. The second-order valence-corrected chi connectivity index (χ2v) is 3.66. The summed E-state index contributed by atoms with van der Waals surface area (Å²) in [5.74, 6) is 0.738. The minimum atomic E-state index is -0.0531. The summed E-state index contributed by atoms with van der Waals surface area (Å²) in [6.07, 6.45) is 1.82. The van der Waals surface area contributed by atoms with Crippen molar-refractivity contribution >= 4 is 0 Å². The van der Waals surface area contributed by atoms with Crippen LogP contribution in [0.4, 0.5) is 0 Å². The summed E-state index contributed by atoms with van der Waals surface area (Å²) in [5, 5.41) is 3.17. The molecule has 0 aliphatic carbocycles. The van der Waals surface area contributed by atoms with Crippen molar-refractivity contribution < 1.29 is 4.74 Å². The van der Waals surface area contributed by atoms with Crippen molar-refractivity contribution in [3.8, 4) is 0 Å². The molecule has 0 saturated heterocycles. The molecule has 1 N–H and O–H groups in total. The Morgan fingerprint density at radius 1 is 1.40 bits per heavy atom. The molecular formula is C11H19N3O. The van der Waals surface area contributed by atoms with Gasteiger partial charge in [-0.2, -0.15) is 0 Å². The maximum atomic E-state index is 5.18. The molecule has 0 aliphatic rings. The fourth-order valence-electron chi connectivity index (χ4n) is 1.38. The van der Waals surface area contributed by atoms with Crippen LogP contribution < -0.4 is 5.32 Å². The van der Waals surface area contributed by atoms with E-state index in [0.29, 0.717) is 0 Å². The molecule has 1 heterocycles. The van der Waals surface area contributed by atoms with Crippen LogP contribution in [0.1, 0.15) is 43.1 Å². The zero-order valence-electron chi connectivity index (χ0n) is 10.0. The monoisotopic (exact) mass is 209 g/mol. The lowest BCUT2D eigenvalue weighted by Crippen LogP contribution is -2.16. The zero-order valence-corrected chi connectivity index (χ0v) is 10.0. The van der Waals surface area contributed by atoms with Crippen LogP contribution in [0.25, 0.3) is 0 Å².